The molecule has 0 fully saturated rings. The molecule has 1 unspecified atom stereocenters. The predicted octanol–water partition coefficient (Wildman–Crippen LogP) is 5.02. The van der Waals surface area contributed by atoms with Gasteiger partial charge in [0.05, 0.1) is 6.04 Å². The fraction of sp³-hybridized carbons (Fsp3) is 0.261. The molecule has 0 radical (unpaired) electrons. The lowest BCUT2D eigenvalue weighted by Crippen LogP contribution is -2.31. The van der Waals surface area contributed by atoms with Crippen LogP contribution in [0.1, 0.15) is 35.2 Å². The fourth-order valence-corrected chi connectivity index (χ4v) is 3.28. The smallest absolute Gasteiger partial charge is 0.258 e. The molecular formula is C23H25NO2. The molecule has 1 amide bonds. The van der Waals surface area contributed by atoms with E-state index in [9.17, 15) is 4.79 Å². The third kappa shape index (κ3) is 3.88. The Morgan fingerprint density at radius 3 is 2.46 bits per heavy atom. The van der Waals surface area contributed by atoms with Gasteiger partial charge in [-0.1, -0.05) is 48.5 Å². The van der Waals surface area contributed by atoms with Crippen molar-refractivity contribution in [2.45, 2.75) is 33.7 Å². The van der Waals surface area contributed by atoms with Crippen molar-refractivity contribution >= 4 is 16.7 Å². The molecule has 0 aromatic heterocycles. The fourth-order valence-electron chi connectivity index (χ4n) is 3.28. The van der Waals surface area contributed by atoms with Crippen LogP contribution in [0.3, 0.4) is 0 Å². The van der Waals surface area contributed by atoms with Crippen molar-refractivity contribution in [3.05, 3.63) is 76.9 Å². The van der Waals surface area contributed by atoms with Gasteiger partial charge in [0.25, 0.3) is 5.91 Å². The van der Waals surface area contributed by atoms with Gasteiger partial charge in [-0.05, 0) is 61.4 Å². The Kier molecular flexibility index (Phi) is 5.27. The highest BCUT2D eigenvalue weighted by Gasteiger charge is 2.14. The van der Waals surface area contributed by atoms with Crippen molar-refractivity contribution in [2.24, 2.45) is 0 Å². The molecule has 3 rings (SSSR count). The van der Waals surface area contributed by atoms with E-state index < -0.39 is 0 Å². The first-order chi connectivity index (χ1) is 12.5. The van der Waals surface area contributed by atoms with Gasteiger partial charge in [0.15, 0.2) is 6.61 Å². The zero-order valence-electron chi connectivity index (χ0n) is 15.8. The second kappa shape index (κ2) is 7.61. The Hall–Kier alpha value is -2.81. The molecule has 3 aromatic carbocycles. The standard InChI is InChI=1S/C23H25NO2/c1-15-12-17(3)21(13-16(15)2)18(4)24-23(25)14-26-22-11-7-9-19-8-5-6-10-20(19)22/h5-13,18H,14H2,1-4H3,(H,24,25). The zero-order chi connectivity index (χ0) is 18.7. The highest BCUT2D eigenvalue weighted by Crippen LogP contribution is 2.25. The molecule has 3 nitrogen and oxygen atoms in total. The maximum absolute atomic E-state index is 12.4. The number of benzene rings is 3. The summed E-state index contributed by atoms with van der Waals surface area (Å²) in [6.07, 6.45) is 0. The van der Waals surface area contributed by atoms with E-state index in [1.54, 1.807) is 0 Å². The molecule has 0 bridgehead atoms. The summed E-state index contributed by atoms with van der Waals surface area (Å²) in [6, 6.07) is 18.1. The molecule has 1 atom stereocenters. The van der Waals surface area contributed by atoms with Crippen molar-refractivity contribution in [1.82, 2.24) is 5.32 Å². The summed E-state index contributed by atoms with van der Waals surface area (Å²) < 4.78 is 5.78. The number of ether oxygens (including phenoxy) is 1. The number of hydrogen-bond donors (Lipinski definition) is 1. The third-order valence-corrected chi connectivity index (χ3v) is 4.83. The molecule has 0 saturated heterocycles. The van der Waals surface area contributed by atoms with Gasteiger partial charge in [-0.2, -0.15) is 0 Å². The minimum absolute atomic E-state index is 0.00222. The summed E-state index contributed by atoms with van der Waals surface area (Å²) in [6.45, 7) is 8.29. The van der Waals surface area contributed by atoms with E-state index >= 15 is 0 Å². The molecule has 134 valence electrons. The average molecular weight is 347 g/mol. The highest BCUT2D eigenvalue weighted by molar-refractivity contribution is 5.88. The lowest BCUT2D eigenvalue weighted by atomic mass is 9.96. The molecule has 0 aliphatic rings. The molecule has 3 aromatic rings. The number of carbonyl (C=O) groups excluding carboxylic acids is 1. The number of fused-ring (bicyclic) bond motifs is 1. The molecule has 0 spiro atoms. The van der Waals surface area contributed by atoms with Crippen LogP contribution in [0.2, 0.25) is 0 Å². The van der Waals surface area contributed by atoms with Crippen LogP contribution < -0.4 is 10.1 Å². The van der Waals surface area contributed by atoms with E-state index in [4.69, 9.17) is 4.74 Å². The van der Waals surface area contributed by atoms with Gasteiger partial charge in [-0.15, -0.1) is 0 Å². The molecular weight excluding hydrogens is 322 g/mol. The minimum atomic E-state index is -0.122. The van der Waals surface area contributed by atoms with E-state index in [1.807, 2.05) is 49.4 Å². The van der Waals surface area contributed by atoms with Crippen LogP contribution in [0.15, 0.2) is 54.6 Å². The number of aryl methyl sites for hydroxylation is 3. The monoisotopic (exact) mass is 347 g/mol. The van der Waals surface area contributed by atoms with Crippen LogP contribution >= 0.6 is 0 Å². The summed E-state index contributed by atoms with van der Waals surface area (Å²) in [5.41, 5.74) is 4.84. The minimum Gasteiger partial charge on any atom is -0.483 e. The van der Waals surface area contributed by atoms with Crippen LogP contribution in [0, 0.1) is 20.8 Å². The molecule has 1 N–H and O–H groups in total. The number of amides is 1. The van der Waals surface area contributed by atoms with Crippen LogP contribution in [-0.4, -0.2) is 12.5 Å². The van der Waals surface area contributed by atoms with Crippen LogP contribution in [0.4, 0.5) is 0 Å². The Balaban J connectivity index is 1.66. The van der Waals surface area contributed by atoms with Crippen molar-refractivity contribution in [3.8, 4) is 5.75 Å². The van der Waals surface area contributed by atoms with Crippen LogP contribution in [0.5, 0.6) is 5.75 Å². The Morgan fingerprint density at radius 2 is 1.65 bits per heavy atom. The van der Waals surface area contributed by atoms with Gasteiger partial charge >= 0.3 is 0 Å². The topological polar surface area (TPSA) is 38.3 Å². The van der Waals surface area contributed by atoms with Gasteiger partial charge in [0.2, 0.25) is 0 Å². The molecule has 0 saturated carbocycles. The number of rotatable bonds is 5. The van der Waals surface area contributed by atoms with E-state index in [1.165, 1.54) is 16.7 Å². The Bertz CT molecular complexity index is 941. The van der Waals surface area contributed by atoms with Gasteiger partial charge in [-0.3, -0.25) is 4.79 Å². The zero-order valence-corrected chi connectivity index (χ0v) is 15.8. The maximum Gasteiger partial charge on any atom is 0.258 e. The highest BCUT2D eigenvalue weighted by atomic mass is 16.5. The second-order valence-corrected chi connectivity index (χ2v) is 6.85. The van der Waals surface area contributed by atoms with E-state index in [0.717, 1.165) is 22.1 Å². The molecule has 0 aliphatic carbocycles. The van der Waals surface area contributed by atoms with E-state index in [-0.39, 0.29) is 18.6 Å². The van der Waals surface area contributed by atoms with E-state index in [2.05, 4.69) is 38.2 Å². The summed E-state index contributed by atoms with van der Waals surface area (Å²) in [5.74, 6) is 0.608. The van der Waals surface area contributed by atoms with E-state index in [0.29, 0.717) is 0 Å². The average Bonchev–Trinajstić information content (AvgIpc) is 2.62. The molecule has 0 heterocycles. The number of carbonyl (C=O) groups is 1. The van der Waals surface area contributed by atoms with Gasteiger partial charge in [-0.25, -0.2) is 0 Å². The van der Waals surface area contributed by atoms with Crippen molar-refractivity contribution < 1.29 is 9.53 Å². The third-order valence-electron chi connectivity index (χ3n) is 4.83. The summed E-state index contributed by atoms with van der Waals surface area (Å²) in [4.78, 5) is 12.4. The number of hydrogen-bond acceptors (Lipinski definition) is 2. The van der Waals surface area contributed by atoms with Gasteiger partial charge < -0.3 is 10.1 Å². The first-order valence-corrected chi connectivity index (χ1v) is 8.93. The molecule has 26 heavy (non-hydrogen) atoms. The van der Waals surface area contributed by atoms with Gasteiger partial charge in [0, 0.05) is 5.39 Å². The first-order valence-electron chi connectivity index (χ1n) is 8.93. The first kappa shape index (κ1) is 18.0. The largest absolute Gasteiger partial charge is 0.483 e. The Morgan fingerprint density at radius 1 is 0.962 bits per heavy atom. The lowest BCUT2D eigenvalue weighted by Gasteiger charge is -2.19. The lowest BCUT2D eigenvalue weighted by molar-refractivity contribution is -0.123. The summed E-state index contributed by atoms with van der Waals surface area (Å²) in [5, 5.41) is 5.15. The quantitative estimate of drug-likeness (QED) is 0.704. The summed E-state index contributed by atoms with van der Waals surface area (Å²) in [7, 11) is 0. The van der Waals surface area contributed by atoms with Gasteiger partial charge in [0.1, 0.15) is 5.75 Å². The SMILES string of the molecule is Cc1cc(C)c(C(C)NC(=O)COc2cccc3ccccc23)cc1C. The molecule has 0 aliphatic heterocycles. The van der Waals surface area contributed by atoms with Crippen molar-refractivity contribution in [2.75, 3.05) is 6.61 Å². The second-order valence-electron chi connectivity index (χ2n) is 6.85. The van der Waals surface area contributed by atoms with Crippen LogP contribution in [0.25, 0.3) is 10.8 Å². The predicted molar refractivity (Wildman–Crippen MR) is 107 cm³/mol. The van der Waals surface area contributed by atoms with Crippen LogP contribution in [-0.2, 0) is 4.79 Å². The van der Waals surface area contributed by atoms with Crippen molar-refractivity contribution in [1.29, 1.82) is 0 Å². The number of nitrogens with one attached hydrogen (secondary N) is 1. The molecule has 3 heteroatoms. The Labute approximate surface area is 155 Å². The summed E-state index contributed by atoms with van der Waals surface area (Å²) >= 11 is 0. The maximum atomic E-state index is 12.4. The normalized spacial score (nSPS) is 12.0. The van der Waals surface area contributed by atoms with Crippen molar-refractivity contribution in [3.63, 3.8) is 0 Å².